The number of ether oxygens (including phenoxy) is 1. The van der Waals surface area contributed by atoms with E-state index in [2.05, 4.69) is 17.2 Å². The van der Waals surface area contributed by atoms with Gasteiger partial charge in [0.2, 0.25) is 5.88 Å². The van der Waals surface area contributed by atoms with Crippen LogP contribution in [0.3, 0.4) is 0 Å². The molecule has 1 aliphatic carbocycles. The molecule has 0 amide bonds. The average molecular weight is 220 g/mol. The van der Waals surface area contributed by atoms with E-state index in [1.54, 1.807) is 7.11 Å². The molecule has 0 radical (unpaired) electrons. The van der Waals surface area contributed by atoms with Gasteiger partial charge in [0, 0.05) is 12.1 Å². The van der Waals surface area contributed by atoms with Crippen LogP contribution in [0.4, 0.5) is 5.69 Å². The van der Waals surface area contributed by atoms with Gasteiger partial charge in [-0.15, -0.1) is 0 Å². The summed E-state index contributed by atoms with van der Waals surface area (Å²) in [5, 5.41) is 3.53. The number of anilines is 1. The lowest BCUT2D eigenvalue weighted by molar-refractivity contribution is 0.361. The number of nitrogens with zero attached hydrogens (tertiary/aromatic N) is 1. The van der Waals surface area contributed by atoms with Gasteiger partial charge in [-0.1, -0.05) is 6.92 Å². The Morgan fingerprint density at radius 3 is 2.56 bits per heavy atom. The number of pyridine rings is 1. The fourth-order valence-electron chi connectivity index (χ4n) is 2.23. The maximum absolute atomic E-state index is 5.03. The molecule has 0 saturated heterocycles. The zero-order valence-corrected chi connectivity index (χ0v) is 10.1. The molecule has 3 heteroatoms. The van der Waals surface area contributed by atoms with Crippen molar-refractivity contribution in [2.75, 3.05) is 12.4 Å². The molecule has 1 heterocycles. The van der Waals surface area contributed by atoms with Crippen LogP contribution in [0.1, 0.15) is 32.6 Å². The number of hydrogen-bond acceptors (Lipinski definition) is 3. The van der Waals surface area contributed by atoms with Crippen LogP contribution in [-0.4, -0.2) is 18.1 Å². The molecule has 1 aliphatic rings. The maximum Gasteiger partial charge on any atom is 0.213 e. The van der Waals surface area contributed by atoms with Gasteiger partial charge in [0.25, 0.3) is 0 Å². The summed E-state index contributed by atoms with van der Waals surface area (Å²) in [6.45, 7) is 2.34. The normalized spacial score (nSPS) is 25.1. The molecule has 3 nitrogen and oxygen atoms in total. The van der Waals surface area contributed by atoms with Gasteiger partial charge in [0.1, 0.15) is 0 Å². The molecule has 1 aromatic rings. The fraction of sp³-hybridized carbons (Fsp3) is 0.615. The summed E-state index contributed by atoms with van der Waals surface area (Å²) in [5.74, 6) is 1.56. The molecule has 0 spiro atoms. The molecule has 0 unspecified atom stereocenters. The number of methoxy groups -OCH3 is 1. The van der Waals surface area contributed by atoms with Gasteiger partial charge >= 0.3 is 0 Å². The first-order valence-electron chi connectivity index (χ1n) is 6.04. The van der Waals surface area contributed by atoms with E-state index in [-0.39, 0.29) is 0 Å². The van der Waals surface area contributed by atoms with E-state index in [1.165, 1.54) is 25.7 Å². The van der Waals surface area contributed by atoms with E-state index in [0.717, 1.165) is 11.6 Å². The van der Waals surface area contributed by atoms with E-state index >= 15 is 0 Å². The highest BCUT2D eigenvalue weighted by Gasteiger charge is 2.17. The molecule has 16 heavy (non-hydrogen) atoms. The van der Waals surface area contributed by atoms with E-state index in [9.17, 15) is 0 Å². The highest BCUT2D eigenvalue weighted by atomic mass is 16.5. The molecule has 1 aromatic heterocycles. The van der Waals surface area contributed by atoms with E-state index < -0.39 is 0 Å². The van der Waals surface area contributed by atoms with Gasteiger partial charge in [0.05, 0.1) is 19.0 Å². The van der Waals surface area contributed by atoms with Crippen molar-refractivity contribution in [1.82, 2.24) is 4.98 Å². The van der Waals surface area contributed by atoms with E-state index in [4.69, 9.17) is 4.74 Å². The smallest absolute Gasteiger partial charge is 0.213 e. The van der Waals surface area contributed by atoms with Gasteiger partial charge < -0.3 is 10.1 Å². The minimum absolute atomic E-state index is 0.617. The molecule has 1 N–H and O–H groups in total. The summed E-state index contributed by atoms with van der Waals surface area (Å²) in [4.78, 5) is 4.19. The van der Waals surface area contributed by atoms with Crippen LogP contribution in [0, 0.1) is 5.92 Å². The van der Waals surface area contributed by atoms with Crippen molar-refractivity contribution in [2.24, 2.45) is 5.92 Å². The Kier molecular flexibility index (Phi) is 3.65. The summed E-state index contributed by atoms with van der Waals surface area (Å²) < 4.78 is 5.03. The Morgan fingerprint density at radius 1 is 1.25 bits per heavy atom. The Bertz CT molecular complexity index is 315. The molecule has 1 fully saturated rings. The largest absolute Gasteiger partial charge is 0.481 e. The second kappa shape index (κ2) is 5.19. The van der Waals surface area contributed by atoms with Crippen LogP contribution >= 0.6 is 0 Å². The maximum atomic E-state index is 5.03. The van der Waals surface area contributed by atoms with Crippen LogP contribution < -0.4 is 10.1 Å². The van der Waals surface area contributed by atoms with E-state index in [1.807, 2.05) is 18.3 Å². The molecular weight excluding hydrogens is 200 g/mol. The van der Waals surface area contributed by atoms with E-state index in [0.29, 0.717) is 11.9 Å². The van der Waals surface area contributed by atoms with Crippen LogP contribution in [0.15, 0.2) is 18.3 Å². The Balaban J connectivity index is 1.88. The van der Waals surface area contributed by atoms with Crippen molar-refractivity contribution in [2.45, 2.75) is 38.6 Å². The summed E-state index contributed by atoms with van der Waals surface area (Å²) in [5.41, 5.74) is 1.10. The lowest BCUT2D eigenvalue weighted by Gasteiger charge is -2.27. The first-order chi connectivity index (χ1) is 7.78. The number of hydrogen-bond donors (Lipinski definition) is 1. The van der Waals surface area contributed by atoms with Crippen molar-refractivity contribution in [3.8, 4) is 5.88 Å². The van der Waals surface area contributed by atoms with Crippen molar-refractivity contribution >= 4 is 5.69 Å². The minimum atomic E-state index is 0.617. The third-order valence-electron chi connectivity index (χ3n) is 3.33. The molecule has 0 bridgehead atoms. The second-order valence-corrected chi connectivity index (χ2v) is 4.69. The summed E-state index contributed by atoms with van der Waals surface area (Å²) in [6.07, 6.45) is 7.06. The van der Waals surface area contributed by atoms with Crippen LogP contribution in [-0.2, 0) is 0 Å². The first kappa shape index (κ1) is 11.2. The third-order valence-corrected chi connectivity index (χ3v) is 3.33. The summed E-state index contributed by atoms with van der Waals surface area (Å²) in [6, 6.07) is 4.55. The standard InChI is InChI=1S/C13H20N2O/c1-10-3-5-11(6-4-10)15-12-7-8-13(16-2)14-9-12/h7-11,15H,3-6H2,1-2H3. The Morgan fingerprint density at radius 2 is 2.00 bits per heavy atom. The number of rotatable bonds is 3. The molecule has 0 aromatic carbocycles. The van der Waals surface area contributed by atoms with Gasteiger partial charge in [-0.3, -0.25) is 0 Å². The Labute approximate surface area is 97.2 Å². The number of aromatic nitrogens is 1. The Hall–Kier alpha value is -1.25. The number of nitrogens with one attached hydrogen (secondary N) is 1. The lowest BCUT2D eigenvalue weighted by atomic mass is 9.87. The van der Waals surface area contributed by atoms with Crippen molar-refractivity contribution < 1.29 is 4.74 Å². The molecule has 0 atom stereocenters. The lowest BCUT2D eigenvalue weighted by Crippen LogP contribution is -2.25. The fourth-order valence-corrected chi connectivity index (χ4v) is 2.23. The predicted octanol–water partition coefficient (Wildman–Crippen LogP) is 3.08. The van der Waals surface area contributed by atoms with Gasteiger partial charge in [-0.25, -0.2) is 4.98 Å². The minimum Gasteiger partial charge on any atom is -0.481 e. The SMILES string of the molecule is COc1ccc(NC2CCC(C)CC2)cn1. The van der Waals surface area contributed by atoms with Crippen molar-refractivity contribution in [3.63, 3.8) is 0 Å². The van der Waals surface area contributed by atoms with Gasteiger partial charge in [-0.2, -0.15) is 0 Å². The van der Waals surface area contributed by atoms with Crippen molar-refractivity contribution in [3.05, 3.63) is 18.3 Å². The first-order valence-corrected chi connectivity index (χ1v) is 6.04. The van der Waals surface area contributed by atoms with Crippen LogP contribution in [0.5, 0.6) is 5.88 Å². The summed E-state index contributed by atoms with van der Waals surface area (Å²) >= 11 is 0. The predicted molar refractivity (Wildman–Crippen MR) is 65.8 cm³/mol. The summed E-state index contributed by atoms with van der Waals surface area (Å²) in [7, 11) is 1.64. The molecule has 1 saturated carbocycles. The highest BCUT2D eigenvalue weighted by molar-refractivity contribution is 5.43. The van der Waals surface area contributed by atoms with Crippen molar-refractivity contribution in [1.29, 1.82) is 0 Å². The molecule has 0 aliphatic heterocycles. The van der Waals surface area contributed by atoms with Gasteiger partial charge in [0.15, 0.2) is 0 Å². The third kappa shape index (κ3) is 2.87. The quantitative estimate of drug-likeness (QED) is 0.850. The topological polar surface area (TPSA) is 34.1 Å². The monoisotopic (exact) mass is 220 g/mol. The van der Waals surface area contributed by atoms with Gasteiger partial charge in [-0.05, 0) is 37.7 Å². The average Bonchev–Trinajstić information content (AvgIpc) is 2.33. The zero-order chi connectivity index (χ0) is 11.4. The van der Waals surface area contributed by atoms with Crippen LogP contribution in [0.2, 0.25) is 0 Å². The molecular formula is C13H20N2O. The molecule has 2 rings (SSSR count). The highest BCUT2D eigenvalue weighted by Crippen LogP contribution is 2.26. The zero-order valence-electron chi connectivity index (χ0n) is 10.1. The van der Waals surface area contributed by atoms with Crippen LogP contribution in [0.25, 0.3) is 0 Å². The second-order valence-electron chi connectivity index (χ2n) is 4.69. The molecule has 88 valence electrons.